The van der Waals surface area contributed by atoms with Crippen molar-refractivity contribution >= 4 is 16.0 Å². The van der Waals surface area contributed by atoms with Gasteiger partial charge in [0.05, 0.1) is 18.3 Å². The zero-order valence-electron chi connectivity index (χ0n) is 9.96. The molecule has 8 heteroatoms. The topological polar surface area (TPSA) is 103 Å². The van der Waals surface area contributed by atoms with Crippen molar-refractivity contribution in [3.05, 3.63) is 11.9 Å². The van der Waals surface area contributed by atoms with E-state index in [1.165, 1.54) is 10.5 Å². The van der Waals surface area contributed by atoms with Crippen molar-refractivity contribution in [1.82, 2.24) is 14.5 Å². The molecule has 1 atom stereocenters. The smallest absolute Gasteiger partial charge is 0.304 e. The molecule has 1 saturated heterocycles. The third-order valence-electron chi connectivity index (χ3n) is 3.10. The van der Waals surface area contributed by atoms with Gasteiger partial charge in [0.1, 0.15) is 4.90 Å². The van der Waals surface area contributed by atoms with E-state index >= 15 is 0 Å². The molecule has 1 aliphatic rings. The number of rotatable bonds is 4. The van der Waals surface area contributed by atoms with Crippen LogP contribution in [0.25, 0.3) is 0 Å². The van der Waals surface area contributed by atoms with Gasteiger partial charge < -0.3 is 5.11 Å². The lowest BCUT2D eigenvalue weighted by atomic mass is 10.2. The normalized spacial score (nSPS) is 21.3. The van der Waals surface area contributed by atoms with E-state index in [0.29, 0.717) is 25.1 Å². The number of carboxylic acid groups (broad SMARTS) is 1. The van der Waals surface area contributed by atoms with Crippen molar-refractivity contribution in [3.8, 4) is 0 Å². The number of aromatic amines is 1. The number of hydrogen-bond donors (Lipinski definition) is 2. The number of H-pyrrole nitrogens is 1. The SMILES string of the molecule is Cc1[nH]ncc1S(=O)(=O)N1CCCC1CC(=O)O. The fourth-order valence-corrected chi connectivity index (χ4v) is 4.07. The Morgan fingerprint density at radius 2 is 2.39 bits per heavy atom. The van der Waals surface area contributed by atoms with Crippen molar-refractivity contribution in [2.24, 2.45) is 0 Å². The van der Waals surface area contributed by atoms with E-state index in [2.05, 4.69) is 10.2 Å². The summed E-state index contributed by atoms with van der Waals surface area (Å²) in [6.45, 7) is 1.99. The Morgan fingerprint density at radius 1 is 1.67 bits per heavy atom. The van der Waals surface area contributed by atoms with Crippen molar-refractivity contribution in [1.29, 1.82) is 0 Å². The van der Waals surface area contributed by atoms with Gasteiger partial charge in [-0.3, -0.25) is 9.89 Å². The molecule has 2 rings (SSSR count). The molecule has 1 aromatic rings. The first-order valence-corrected chi connectivity index (χ1v) is 7.10. The average molecular weight is 273 g/mol. The van der Waals surface area contributed by atoms with Crippen LogP contribution in [0.1, 0.15) is 25.0 Å². The maximum atomic E-state index is 12.4. The van der Waals surface area contributed by atoms with Crippen molar-refractivity contribution in [2.75, 3.05) is 6.54 Å². The molecule has 1 aliphatic heterocycles. The van der Waals surface area contributed by atoms with Crippen LogP contribution < -0.4 is 0 Å². The van der Waals surface area contributed by atoms with Gasteiger partial charge in [-0.25, -0.2) is 8.42 Å². The standard InChI is InChI=1S/C10H15N3O4S/c1-7-9(6-11-12-7)18(16,17)13-4-2-3-8(13)5-10(14)15/h6,8H,2-5H2,1H3,(H,11,12)(H,14,15). The predicted octanol–water partition coefficient (Wildman–Crippen LogP) is 0.346. The van der Waals surface area contributed by atoms with Gasteiger partial charge in [-0.05, 0) is 19.8 Å². The minimum Gasteiger partial charge on any atom is -0.481 e. The summed E-state index contributed by atoms with van der Waals surface area (Å²) in [6.07, 6.45) is 2.38. The molecule has 1 unspecified atom stereocenters. The van der Waals surface area contributed by atoms with Crippen LogP contribution in [0, 0.1) is 6.92 Å². The Labute approximate surface area is 105 Å². The molecule has 0 bridgehead atoms. The molecule has 100 valence electrons. The second-order valence-electron chi connectivity index (χ2n) is 4.37. The number of nitrogens with zero attached hydrogens (tertiary/aromatic N) is 2. The van der Waals surface area contributed by atoms with E-state index in [9.17, 15) is 13.2 Å². The zero-order chi connectivity index (χ0) is 13.3. The number of carbonyl (C=O) groups is 1. The Kier molecular flexibility index (Phi) is 3.40. The Bertz CT molecular complexity index is 551. The Balaban J connectivity index is 2.30. The Morgan fingerprint density at radius 3 is 2.94 bits per heavy atom. The molecule has 2 heterocycles. The van der Waals surface area contributed by atoms with Gasteiger partial charge in [0.2, 0.25) is 10.0 Å². The molecule has 1 fully saturated rings. The van der Waals surface area contributed by atoms with Gasteiger partial charge in [0, 0.05) is 12.6 Å². The molecule has 0 aliphatic carbocycles. The lowest BCUT2D eigenvalue weighted by molar-refractivity contribution is -0.137. The van der Waals surface area contributed by atoms with Crippen molar-refractivity contribution in [2.45, 2.75) is 37.1 Å². The van der Waals surface area contributed by atoms with E-state index in [1.807, 2.05) is 0 Å². The zero-order valence-corrected chi connectivity index (χ0v) is 10.8. The Hall–Kier alpha value is -1.41. The van der Waals surface area contributed by atoms with Gasteiger partial charge in [0.25, 0.3) is 0 Å². The third kappa shape index (κ3) is 2.25. The second kappa shape index (κ2) is 4.69. The number of aromatic nitrogens is 2. The molecule has 7 nitrogen and oxygen atoms in total. The molecule has 0 radical (unpaired) electrons. The van der Waals surface area contributed by atoms with Crippen LogP contribution in [0.2, 0.25) is 0 Å². The molecular formula is C10H15N3O4S. The lowest BCUT2D eigenvalue weighted by Gasteiger charge is -2.22. The van der Waals surface area contributed by atoms with Gasteiger partial charge in [-0.1, -0.05) is 0 Å². The molecule has 0 aromatic carbocycles. The molecular weight excluding hydrogens is 258 g/mol. The fourth-order valence-electron chi connectivity index (χ4n) is 2.26. The molecule has 1 aromatic heterocycles. The highest BCUT2D eigenvalue weighted by atomic mass is 32.2. The van der Waals surface area contributed by atoms with E-state index in [4.69, 9.17) is 5.11 Å². The van der Waals surface area contributed by atoms with Crippen LogP contribution in [-0.2, 0) is 14.8 Å². The van der Waals surface area contributed by atoms with Crippen LogP contribution in [-0.4, -0.2) is 46.6 Å². The number of aliphatic carboxylic acids is 1. The first-order chi connectivity index (χ1) is 8.43. The molecule has 0 amide bonds. The van der Waals surface area contributed by atoms with Gasteiger partial charge in [-0.2, -0.15) is 9.40 Å². The lowest BCUT2D eigenvalue weighted by Crippen LogP contribution is -2.36. The average Bonchev–Trinajstić information content (AvgIpc) is 2.86. The summed E-state index contributed by atoms with van der Waals surface area (Å²) >= 11 is 0. The number of nitrogens with one attached hydrogen (secondary N) is 1. The molecule has 18 heavy (non-hydrogen) atoms. The van der Waals surface area contributed by atoms with Gasteiger partial charge in [-0.15, -0.1) is 0 Å². The van der Waals surface area contributed by atoms with Gasteiger partial charge >= 0.3 is 5.97 Å². The fraction of sp³-hybridized carbons (Fsp3) is 0.600. The third-order valence-corrected chi connectivity index (χ3v) is 5.17. The summed E-state index contributed by atoms with van der Waals surface area (Å²) in [7, 11) is -3.64. The number of sulfonamides is 1. The van der Waals surface area contributed by atoms with Crippen LogP contribution in [0.4, 0.5) is 0 Å². The summed E-state index contributed by atoms with van der Waals surface area (Å²) in [6, 6.07) is -0.457. The highest BCUT2D eigenvalue weighted by molar-refractivity contribution is 7.89. The van der Waals surface area contributed by atoms with Crippen LogP contribution in [0.5, 0.6) is 0 Å². The first-order valence-electron chi connectivity index (χ1n) is 5.66. The predicted molar refractivity (Wildman–Crippen MR) is 62.5 cm³/mol. The molecule has 0 saturated carbocycles. The highest BCUT2D eigenvalue weighted by Crippen LogP contribution is 2.28. The first kappa shape index (κ1) is 13.0. The van der Waals surface area contributed by atoms with E-state index in [0.717, 1.165) is 0 Å². The van der Waals surface area contributed by atoms with E-state index in [1.54, 1.807) is 6.92 Å². The number of hydrogen-bond acceptors (Lipinski definition) is 4. The highest BCUT2D eigenvalue weighted by Gasteiger charge is 2.37. The summed E-state index contributed by atoms with van der Waals surface area (Å²) < 4.78 is 26.0. The van der Waals surface area contributed by atoms with Crippen molar-refractivity contribution < 1.29 is 18.3 Å². The summed E-state index contributed by atoms with van der Waals surface area (Å²) in [5.74, 6) is -0.981. The van der Waals surface area contributed by atoms with Crippen LogP contribution in [0.3, 0.4) is 0 Å². The maximum Gasteiger partial charge on any atom is 0.304 e. The summed E-state index contributed by atoms with van der Waals surface area (Å²) in [5.41, 5.74) is 0.468. The summed E-state index contributed by atoms with van der Waals surface area (Å²) in [5, 5.41) is 15.1. The van der Waals surface area contributed by atoms with E-state index < -0.39 is 22.0 Å². The monoisotopic (exact) mass is 273 g/mol. The molecule has 2 N–H and O–H groups in total. The van der Waals surface area contributed by atoms with Crippen molar-refractivity contribution in [3.63, 3.8) is 0 Å². The number of carboxylic acids is 1. The van der Waals surface area contributed by atoms with Gasteiger partial charge in [0.15, 0.2) is 0 Å². The quantitative estimate of drug-likeness (QED) is 0.823. The van der Waals surface area contributed by atoms with Crippen LogP contribution in [0.15, 0.2) is 11.1 Å². The second-order valence-corrected chi connectivity index (χ2v) is 6.23. The molecule has 0 spiro atoms. The minimum atomic E-state index is -3.64. The van der Waals surface area contributed by atoms with Crippen LogP contribution >= 0.6 is 0 Å². The summed E-state index contributed by atoms with van der Waals surface area (Å²) in [4.78, 5) is 10.9. The van der Waals surface area contributed by atoms with E-state index in [-0.39, 0.29) is 11.3 Å². The maximum absolute atomic E-state index is 12.4. The number of aryl methyl sites for hydroxylation is 1. The minimum absolute atomic E-state index is 0.125. The largest absolute Gasteiger partial charge is 0.481 e.